The lowest BCUT2D eigenvalue weighted by Crippen LogP contribution is -2.69. The molecule has 1 nitrogen and oxygen atoms in total. The molecule has 1 saturated carbocycles. The van der Waals surface area contributed by atoms with Gasteiger partial charge in [-0.1, -0.05) is 27.7 Å². The average Bonchev–Trinajstić information content (AvgIpc) is 2.62. The van der Waals surface area contributed by atoms with Crippen LogP contribution in [-0.4, -0.2) is 12.1 Å². The van der Waals surface area contributed by atoms with Crippen LogP contribution in [0, 0.1) is 17.3 Å². The van der Waals surface area contributed by atoms with Gasteiger partial charge in [-0.25, -0.2) is 0 Å². The number of hydrogen-bond donors (Lipinski definition) is 1. The quantitative estimate of drug-likeness (QED) is 0.666. The molecule has 1 spiro atoms. The molecule has 1 N–H and O–H groups in total. The number of rotatable bonds is 2. The second-order valence-corrected chi connectivity index (χ2v) is 5.29. The van der Waals surface area contributed by atoms with E-state index in [-0.39, 0.29) is 0 Å². The summed E-state index contributed by atoms with van der Waals surface area (Å²) in [5.41, 5.74) is 1.20. The molecule has 0 aromatic heterocycles. The number of hydrogen-bond acceptors (Lipinski definition) is 1. The lowest BCUT2D eigenvalue weighted by atomic mass is 9.57. The number of nitrogens with one attached hydrogen (secondary N) is 1. The molecular formula is C11H21N. The molecule has 12 heavy (non-hydrogen) atoms. The molecule has 0 radical (unpaired) electrons. The van der Waals surface area contributed by atoms with Gasteiger partial charge in [0, 0.05) is 17.5 Å². The van der Waals surface area contributed by atoms with Gasteiger partial charge in [0.2, 0.25) is 0 Å². The van der Waals surface area contributed by atoms with Crippen LogP contribution in [0.15, 0.2) is 0 Å². The van der Waals surface area contributed by atoms with Crippen molar-refractivity contribution in [1.29, 1.82) is 0 Å². The van der Waals surface area contributed by atoms with Gasteiger partial charge in [-0.2, -0.15) is 0 Å². The average molecular weight is 167 g/mol. The van der Waals surface area contributed by atoms with E-state index in [0.29, 0.717) is 11.0 Å². The maximum atomic E-state index is 3.65. The van der Waals surface area contributed by atoms with Crippen molar-refractivity contribution in [3.63, 3.8) is 0 Å². The summed E-state index contributed by atoms with van der Waals surface area (Å²) in [5.74, 6) is 1.67. The Balaban J connectivity index is 2.24. The summed E-state index contributed by atoms with van der Waals surface area (Å²) in [6.45, 7) is 10.8. The first-order chi connectivity index (χ1) is 5.55. The largest absolute Gasteiger partial charge is 0.310 e. The topological polar surface area (TPSA) is 12.0 Å². The van der Waals surface area contributed by atoms with Crippen LogP contribution in [0.3, 0.4) is 0 Å². The highest BCUT2D eigenvalue weighted by atomic mass is 15.2. The van der Waals surface area contributed by atoms with Crippen molar-refractivity contribution in [2.45, 2.75) is 46.1 Å². The van der Waals surface area contributed by atoms with Crippen molar-refractivity contribution in [3.05, 3.63) is 0 Å². The first-order valence-electron chi connectivity index (χ1n) is 5.30. The van der Waals surface area contributed by atoms with Crippen LogP contribution in [0.2, 0.25) is 0 Å². The van der Waals surface area contributed by atoms with Crippen molar-refractivity contribution in [2.75, 3.05) is 6.54 Å². The summed E-state index contributed by atoms with van der Waals surface area (Å²) in [7, 11) is 0. The summed E-state index contributed by atoms with van der Waals surface area (Å²) >= 11 is 0. The Morgan fingerprint density at radius 1 is 1.00 bits per heavy atom. The second kappa shape index (κ2) is 2.25. The third kappa shape index (κ3) is 0.736. The fourth-order valence-electron chi connectivity index (χ4n) is 3.49. The maximum Gasteiger partial charge on any atom is 0.0256 e. The van der Waals surface area contributed by atoms with Gasteiger partial charge in [-0.15, -0.1) is 0 Å². The smallest absolute Gasteiger partial charge is 0.0256 e. The van der Waals surface area contributed by atoms with Crippen molar-refractivity contribution in [2.24, 2.45) is 17.3 Å². The van der Waals surface area contributed by atoms with Crippen LogP contribution in [0.4, 0.5) is 0 Å². The molecule has 0 aromatic rings. The standard InChI is InChI=1S/C11H21N/c1-8(2)11(9(3)4)7-12-10(11)5-6-10/h8-9,12H,5-7H2,1-4H3. The lowest BCUT2D eigenvalue weighted by Gasteiger charge is -2.57. The van der Waals surface area contributed by atoms with Gasteiger partial charge in [0.1, 0.15) is 0 Å². The van der Waals surface area contributed by atoms with E-state index in [4.69, 9.17) is 0 Å². The van der Waals surface area contributed by atoms with E-state index in [2.05, 4.69) is 33.0 Å². The second-order valence-electron chi connectivity index (χ2n) is 5.29. The fourth-order valence-corrected chi connectivity index (χ4v) is 3.49. The molecule has 1 aliphatic heterocycles. The minimum Gasteiger partial charge on any atom is -0.310 e. The predicted octanol–water partition coefficient (Wildman–Crippen LogP) is 2.42. The van der Waals surface area contributed by atoms with Gasteiger partial charge in [-0.05, 0) is 24.7 Å². The zero-order valence-electron chi connectivity index (χ0n) is 8.78. The maximum absolute atomic E-state index is 3.65. The van der Waals surface area contributed by atoms with E-state index in [1.165, 1.54) is 19.4 Å². The highest BCUT2D eigenvalue weighted by Crippen LogP contribution is 2.62. The first kappa shape index (κ1) is 8.55. The van der Waals surface area contributed by atoms with Gasteiger partial charge >= 0.3 is 0 Å². The van der Waals surface area contributed by atoms with E-state index in [1.54, 1.807) is 0 Å². The van der Waals surface area contributed by atoms with Crippen LogP contribution >= 0.6 is 0 Å². The van der Waals surface area contributed by atoms with Crippen LogP contribution < -0.4 is 5.32 Å². The molecule has 1 saturated heterocycles. The third-order valence-electron chi connectivity index (χ3n) is 4.42. The van der Waals surface area contributed by atoms with E-state index < -0.39 is 0 Å². The Morgan fingerprint density at radius 3 is 1.58 bits per heavy atom. The summed E-state index contributed by atoms with van der Waals surface area (Å²) < 4.78 is 0. The summed E-state index contributed by atoms with van der Waals surface area (Å²) in [5, 5.41) is 3.65. The first-order valence-corrected chi connectivity index (χ1v) is 5.30. The lowest BCUT2D eigenvalue weighted by molar-refractivity contribution is -0.0364. The molecule has 2 aliphatic rings. The third-order valence-corrected chi connectivity index (χ3v) is 4.42. The van der Waals surface area contributed by atoms with Gasteiger partial charge in [-0.3, -0.25) is 0 Å². The summed E-state index contributed by atoms with van der Waals surface area (Å²) in [6, 6.07) is 0. The van der Waals surface area contributed by atoms with Gasteiger partial charge in [0.05, 0.1) is 0 Å². The van der Waals surface area contributed by atoms with Crippen molar-refractivity contribution in [3.8, 4) is 0 Å². The van der Waals surface area contributed by atoms with Gasteiger partial charge in [0.25, 0.3) is 0 Å². The molecule has 0 bridgehead atoms. The molecular weight excluding hydrogens is 146 g/mol. The molecule has 1 heteroatoms. The van der Waals surface area contributed by atoms with Crippen molar-refractivity contribution in [1.82, 2.24) is 5.32 Å². The molecule has 2 fully saturated rings. The molecule has 2 rings (SSSR count). The summed E-state index contributed by atoms with van der Waals surface area (Å²) in [6.07, 6.45) is 2.84. The van der Waals surface area contributed by atoms with E-state index in [0.717, 1.165) is 11.8 Å². The van der Waals surface area contributed by atoms with Crippen molar-refractivity contribution >= 4 is 0 Å². The van der Waals surface area contributed by atoms with Gasteiger partial charge in [0.15, 0.2) is 0 Å². The van der Waals surface area contributed by atoms with Crippen molar-refractivity contribution < 1.29 is 0 Å². The highest BCUT2D eigenvalue weighted by molar-refractivity contribution is 5.24. The van der Waals surface area contributed by atoms with Crippen LogP contribution in [-0.2, 0) is 0 Å². The SMILES string of the molecule is CC(C)C1(C(C)C)CNC12CC2. The Bertz CT molecular complexity index is 181. The normalized spacial score (nSPS) is 29.5. The van der Waals surface area contributed by atoms with Crippen LogP contribution in [0.5, 0.6) is 0 Å². The van der Waals surface area contributed by atoms with Crippen LogP contribution in [0.25, 0.3) is 0 Å². The minimum atomic E-state index is 0.579. The van der Waals surface area contributed by atoms with Crippen LogP contribution in [0.1, 0.15) is 40.5 Å². The Kier molecular flexibility index (Phi) is 1.61. The monoisotopic (exact) mass is 167 g/mol. The Labute approximate surface area is 75.9 Å². The van der Waals surface area contributed by atoms with Gasteiger partial charge < -0.3 is 5.32 Å². The molecule has 1 aliphatic carbocycles. The molecule has 0 amide bonds. The minimum absolute atomic E-state index is 0.579. The molecule has 70 valence electrons. The fraction of sp³-hybridized carbons (Fsp3) is 1.00. The highest BCUT2D eigenvalue weighted by Gasteiger charge is 2.67. The molecule has 0 atom stereocenters. The Morgan fingerprint density at radius 2 is 1.50 bits per heavy atom. The van der Waals surface area contributed by atoms with E-state index >= 15 is 0 Å². The Hall–Kier alpha value is -0.0400. The predicted molar refractivity (Wildman–Crippen MR) is 52.1 cm³/mol. The zero-order chi connectivity index (χ0) is 8.98. The summed E-state index contributed by atoms with van der Waals surface area (Å²) in [4.78, 5) is 0. The molecule has 0 aromatic carbocycles. The van der Waals surface area contributed by atoms with E-state index in [1.807, 2.05) is 0 Å². The van der Waals surface area contributed by atoms with E-state index in [9.17, 15) is 0 Å². The zero-order valence-corrected chi connectivity index (χ0v) is 8.78. The molecule has 0 unspecified atom stereocenters. The molecule has 1 heterocycles.